The number of hydrogen-bond donors (Lipinski definition) is 2. The molecule has 0 aliphatic rings. The van der Waals surface area contributed by atoms with Crippen LogP contribution in [0.2, 0.25) is 0 Å². The largest absolute Gasteiger partial charge is 0.495 e. The normalized spacial score (nSPS) is 14.3. The molecule has 0 bridgehead atoms. The van der Waals surface area contributed by atoms with Crippen molar-refractivity contribution in [3.63, 3.8) is 0 Å². The average molecular weight is 382 g/mol. The van der Waals surface area contributed by atoms with Crippen molar-refractivity contribution in [1.82, 2.24) is 4.72 Å². The van der Waals surface area contributed by atoms with Crippen molar-refractivity contribution in [2.45, 2.75) is 17.4 Å². The van der Waals surface area contributed by atoms with Gasteiger partial charge in [0.25, 0.3) is 0 Å². The Morgan fingerprint density at radius 1 is 1.43 bits per heavy atom. The Bertz CT molecular complexity index is 629. The second kappa shape index (κ2) is 6.73. The molecule has 118 valence electrons. The van der Waals surface area contributed by atoms with Crippen LogP contribution in [0, 0.1) is 0 Å². The zero-order valence-electron chi connectivity index (χ0n) is 11.7. The summed E-state index contributed by atoms with van der Waals surface area (Å²) in [6, 6.07) is 4.47. The molecule has 0 aromatic heterocycles. The van der Waals surface area contributed by atoms with Crippen molar-refractivity contribution >= 4 is 31.9 Å². The first-order chi connectivity index (χ1) is 9.64. The fourth-order valence-corrected chi connectivity index (χ4v) is 3.30. The molecule has 1 atom stereocenters. The molecule has 0 saturated heterocycles. The van der Waals surface area contributed by atoms with Crippen molar-refractivity contribution < 1.29 is 27.8 Å². The van der Waals surface area contributed by atoms with Gasteiger partial charge in [-0.3, -0.25) is 0 Å². The van der Waals surface area contributed by atoms with Crippen LogP contribution in [-0.2, 0) is 19.6 Å². The monoisotopic (exact) mass is 381 g/mol. The lowest BCUT2D eigenvalue weighted by Gasteiger charge is -2.20. The zero-order valence-corrected chi connectivity index (χ0v) is 14.1. The molecular formula is C12H16BrNO6S. The molecule has 0 fully saturated rings. The number of halogens is 1. The Morgan fingerprint density at radius 2 is 2.05 bits per heavy atom. The highest BCUT2D eigenvalue weighted by Crippen LogP contribution is 2.27. The highest BCUT2D eigenvalue weighted by Gasteiger charge is 2.33. The third kappa shape index (κ3) is 4.40. The van der Waals surface area contributed by atoms with Gasteiger partial charge in [0.1, 0.15) is 10.6 Å². The van der Waals surface area contributed by atoms with Gasteiger partial charge in [-0.25, -0.2) is 17.9 Å². The van der Waals surface area contributed by atoms with Crippen LogP contribution >= 0.6 is 15.9 Å². The number of rotatable bonds is 6. The van der Waals surface area contributed by atoms with Crippen LogP contribution in [-0.4, -0.2) is 45.9 Å². The van der Waals surface area contributed by atoms with Gasteiger partial charge in [0.15, 0.2) is 5.60 Å². The summed E-state index contributed by atoms with van der Waals surface area (Å²) in [7, 11) is -1.53. The molecule has 0 spiro atoms. The molecule has 0 amide bonds. The minimum absolute atomic E-state index is 0.111. The number of esters is 1. The van der Waals surface area contributed by atoms with Gasteiger partial charge >= 0.3 is 5.97 Å². The number of methoxy groups -OCH3 is 2. The Hall–Kier alpha value is -1.16. The summed E-state index contributed by atoms with van der Waals surface area (Å²) >= 11 is 3.17. The van der Waals surface area contributed by atoms with E-state index in [4.69, 9.17) is 4.74 Å². The van der Waals surface area contributed by atoms with E-state index in [0.29, 0.717) is 4.47 Å². The van der Waals surface area contributed by atoms with Crippen LogP contribution in [0.15, 0.2) is 27.6 Å². The van der Waals surface area contributed by atoms with Crippen molar-refractivity contribution in [2.75, 3.05) is 20.8 Å². The molecule has 0 saturated carbocycles. The molecule has 1 aromatic rings. The SMILES string of the molecule is COC(=O)C(C)(O)CNS(=O)(=O)c1cc(Br)ccc1OC. The Balaban J connectivity index is 3.03. The lowest BCUT2D eigenvalue weighted by atomic mass is 10.1. The summed E-state index contributed by atoms with van der Waals surface area (Å²) in [5, 5.41) is 9.83. The lowest BCUT2D eigenvalue weighted by Crippen LogP contribution is -2.47. The number of nitrogens with one attached hydrogen (secondary N) is 1. The molecule has 9 heteroatoms. The van der Waals surface area contributed by atoms with Crippen LogP contribution < -0.4 is 9.46 Å². The van der Waals surface area contributed by atoms with E-state index in [1.807, 2.05) is 0 Å². The van der Waals surface area contributed by atoms with Crippen LogP contribution in [0.5, 0.6) is 5.75 Å². The average Bonchev–Trinajstić information content (AvgIpc) is 2.44. The van der Waals surface area contributed by atoms with Crippen LogP contribution in [0.4, 0.5) is 0 Å². The molecule has 0 aliphatic heterocycles. The molecule has 1 aromatic carbocycles. The third-order valence-electron chi connectivity index (χ3n) is 2.65. The van der Waals surface area contributed by atoms with Crippen LogP contribution in [0.3, 0.4) is 0 Å². The molecule has 0 radical (unpaired) electrons. The maximum atomic E-state index is 12.2. The second-order valence-electron chi connectivity index (χ2n) is 4.39. The van der Waals surface area contributed by atoms with E-state index in [-0.39, 0.29) is 10.6 Å². The molecule has 0 heterocycles. The number of hydrogen-bond acceptors (Lipinski definition) is 6. The number of carbonyl (C=O) groups is 1. The van der Waals surface area contributed by atoms with Gasteiger partial charge in [-0.1, -0.05) is 15.9 Å². The van der Waals surface area contributed by atoms with Gasteiger partial charge in [-0.05, 0) is 25.1 Å². The topological polar surface area (TPSA) is 102 Å². The van der Waals surface area contributed by atoms with Gasteiger partial charge < -0.3 is 14.6 Å². The van der Waals surface area contributed by atoms with Crippen molar-refractivity contribution in [3.05, 3.63) is 22.7 Å². The van der Waals surface area contributed by atoms with Gasteiger partial charge in [-0.15, -0.1) is 0 Å². The zero-order chi connectivity index (χ0) is 16.3. The van der Waals surface area contributed by atoms with E-state index in [0.717, 1.165) is 14.0 Å². The number of benzene rings is 1. The number of aliphatic hydroxyl groups is 1. The molecule has 1 unspecified atom stereocenters. The van der Waals surface area contributed by atoms with Crippen LogP contribution in [0.25, 0.3) is 0 Å². The standard InChI is InChI=1S/C12H16BrNO6S/c1-12(16,11(15)20-3)7-14-21(17,18)10-6-8(13)4-5-9(10)19-2/h4-6,14,16H,7H2,1-3H3. The number of carbonyl (C=O) groups excluding carboxylic acids is 1. The van der Waals surface area contributed by atoms with E-state index in [1.165, 1.54) is 19.2 Å². The maximum absolute atomic E-state index is 12.2. The number of ether oxygens (including phenoxy) is 2. The summed E-state index contributed by atoms with van der Waals surface area (Å²) in [6.07, 6.45) is 0. The van der Waals surface area contributed by atoms with Gasteiger partial charge in [0, 0.05) is 4.47 Å². The van der Waals surface area contributed by atoms with E-state index in [1.54, 1.807) is 6.07 Å². The molecule has 7 nitrogen and oxygen atoms in total. The van der Waals surface area contributed by atoms with E-state index >= 15 is 0 Å². The van der Waals surface area contributed by atoms with Crippen LogP contribution in [0.1, 0.15) is 6.92 Å². The Kier molecular flexibility index (Phi) is 5.74. The van der Waals surface area contributed by atoms with E-state index in [2.05, 4.69) is 25.4 Å². The summed E-state index contributed by atoms with van der Waals surface area (Å²) in [4.78, 5) is 11.2. The minimum Gasteiger partial charge on any atom is -0.495 e. The fraction of sp³-hybridized carbons (Fsp3) is 0.417. The molecule has 2 N–H and O–H groups in total. The predicted molar refractivity (Wildman–Crippen MR) is 78.5 cm³/mol. The van der Waals surface area contributed by atoms with E-state index < -0.39 is 28.1 Å². The van der Waals surface area contributed by atoms with Crippen molar-refractivity contribution in [2.24, 2.45) is 0 Å². The minimum atomic E-state index is -3.97. The maximum Gasteiger partial charge on any atom is 0.338 e. The molecule has 1 rings (SSSR count). The summed E-state index contributed by atoms with van der Waals surface area (Å²) in [5.74, 6) is -0.796. The fourth-order valence-electron chi connectivity index (χ4n) is 1.47. The lowest BCUT2D eigenvalue weighted by molar-refractivity contribution is -0.159. The molecule has 0 aliphatic carbocycles. The summed E-state index contributed by atoms with van der Waals surface area (Å²) in [6.45, 7) is 0.622. The van der Waals surface area contributed by atoms with Crippen molar-refractivity contribution in [3.8, 4) is 5.75 Å². The smallest absolute Gasteiger partial charge is 0.338 e. The summed E-state index contributed by atoms with van der Waals surface area (Å²) < 4.78 is 36.6. The molecular weight excluding hydrogens is 366 g/mol. The third-order valence-corrected chi connectivity index (χ3v) is 4.56. The molecule has 21 heavy (non-hydrogen) atoms. The van der Waals surface area contributed by atoms with Gasteiger partial charge in [0.2, 0.25) is 10.0 Å². The quantitative estimate of drug-likeness (QED) is 0.701. The number of sulfonamides is 1. The Morgan fingerprint density at radius 3 is 2.57 bits per heavy atom. The van der Waals surface area contributed by atoms with Gasteiger partial charge in [-0.2, -0.15) is 0 Å². The highest BCUT2D eigenvalue weighted by atomic mass is 79.9. The van der Waals surface area contributed by atoms with Crippen molar-refractivity contribution in [1.29, 1.82) is 0 Å². The summed E-state index contributed by atoms with van der Waals surface area (Å²) in [5.41, 5.74) is -1.97. The highest BCUT2D eigenvalue weighted by molar-refractivity contribution is 9.10. The first kappa shape index (κ1) is 17.9. The Labute approximate surface area is 131 Å². The first-order valence-electron chi connectivity index (χ1n) is 5.78. The predicted octanol–water partition coefficient (Wildman–Crippen LogP) is 0.660. The second-order valence-corrected chi connectivity index (χ2v) is 7.04. The first-order valence-corrected chi connectivity index (χ1v) is 8.05. The van der Waals surface area contributed by atoms with Gasteiger partial charge in [0.05, 0.1) is 20.8 Å². The van der Waals surface area contributed by atoms with E-state index in [9.17, 15) is 18.3 Å².